The molecule has 1 aromatic carbocycles. The topological polar surface area (TPSA) is 122 Å². The molecule has 0 aliphatic carbocycles. The zero-order valence-electron chi connectivity index (χ0n) is 13.8. The number of nitrogen functional groups attached to an aromatic ring is 2. The van der Waals surface area contributed by atoms with Gasteiger partial charge >= 0.3 is 0 Å². The standard InChI is InChI=1S/C15H22N6O3/c1-22-11-7-9(21-15(17)19-14(16)20-21)8-12(23-2)13(11)24-10-3-5-18-6-4-10/h7-8,10,18H,3-6H2,1-2H3,(H4,16,17,19,20). The van der Waals surface area contributed by atoms with E-state index in [4.69, 9.17) is 25.7 Å². The SMILES string of the molecule is COc1cc(-n2nc(N)nc2N)cc(OC)c1OC1CCNCC1. The molecule has 0 bridgehead atoms. The van der Waals surface area contributed by atoms with Gasteiger partial charge in [-0.2, -0.15) is 9.67 Å². The lowest BCUT2D eigenvalue weighted by Gasteiger charge is -2.26. The van der Waals surface area contributed by atoms with E-state index in [1.807, 2.05) is 0 Å². The van der Waals surface area contributed by atoms with Gasteiger partial charge in [0.2, 0.25) is 17.6 Å². The van der Waals surface area contributed by atoms with Gasteiger partial charge in [-0.1, -0.05) is 0 Å². The summed E-state index contributed by atoms with van der Waals surface area (Å²) in [7, 11) is 3.15. The summed E-state index contributed by atoms with van der Waals surface area (Å²) < 4.78 is 18.5. The molecule has 9 heteroatoms. The molecule has 0 amide bonds. The Balaban J connectivity index is 1.98. The molecule has 2 heterocycles. The molecule has 1 aromatic heterocycles. The van der Waals surface area contributed by atoms with Crippen molar-refractivity contribution in [3.8, 4) is 22.9 Å². The van der Waals surface area contributed by atoms with Crippen molar-refractivity contribution in [1.29, 1.82) is 0 Å². The normalized spacial score (nSPS) is 15.2. The van der Waals surface area contributed by atoms with Crippen LogP contribution in [0.3, 0.4) is 0 Å². The Morgan fingerprint density at radius 2 is 1.75 bits per heavy atom. The van der Waals surface area contributed by atoms with Crippen LogP contribution in [0.15, 0.2) is 12.1 Å². The Hall–Kier alpha value is -2.68. The number of aromatic nitrogens is 3. The first-order chi connectivity index (χ1) is 11.6. The molecule has 0 atom stereocenters. The number of piperidine rings is 1. The first-order valence-electron chi connectivity index (χ1n) is 7.74. The fraction of sp³-hybridized carbons (Fsp3) is 0.467. The molecule has 2 aromatic rings. The molecule has 0 saturated carbocycles. The molecule has 0 spiro atoms. The Labute approximate surface area is 139 Å². The van der Waals surface area contributed by atoms with Gasteiger partial charge in [-0.15, -0.1) is 5.10 Å². The number of benzene rings is 1. The Kier molecular flexibility index (Phi) is 4.61. The lowest BCUT2D eigenvalue weighted by molar-refractivity contribution is 0.151. The highest BCUT2D eigenvalue weighted by molar-refractivity contribution is 5.59. The van der Waals surface area contributed by atoms with Crippen LogP contribution < -0.4 is 31.0 Å². The van der Waals surface area contributed by atoms with Gasteiger partial charge in [-0.3, -0.25) is 0 Å². The van der Waals surface area contributed by atoms with E-state index in [-0.39, 0.29) is 18.0 Å². The van der Waals surface area contributed by atoms with Crippen LogP contribution in [0.5, 0.6) is 17.2 Å². The lowest BCUT2D eigenvalue weighted by atomic mass is 10.1. The highest BCUT2D eigenvalue weighted by Gasteiger charge is 2.22. The molecule has 1 fully saturated rings. The number of nitrogens with zero attached hydrogens (tertiary/aromatic N) is 3. The summed E-state index contributed by atoms with van der Waals surface area (Å²) in [6, 6.07) is 3.53. The molecule has 0 radical (unpaired) electrons. The van der Waals surface area contributed by atoms with E-state index in [1.54, 1.807) is 26.4 Å². The molecular formula is C15H22N6O3. The number of rotatable bonds is 5. The number of ether oxygens (including phenoxy) is 3. The van der Waals surface area contributed by atoms with E-state index < -0.39 is 0 Å². The average molecular weight is 334 g/mol. The number of nitrogens with two attached hydrogens (primary N) is 2. The molecule has 24 heavy (non-hydrogen) atoms. The third-order valence-electron chi connectivity index (χ3n) is 3.91. The van der Waals surface area contributed by atoms with Crippen LogP contribution in [0.25, 0.3) is 5.69 Å². The second kappa shape index (κ2) is 6.83. The maximum absolute atomic E-state index is 6.13. The first kappa shape index (κ1) is 16.2. The van der Waals surface area contributed by atoms with Gasteiger partial charge in [-0.25, -0.2) is 0 Å². The molecule has 0 unspecified atom stereocenters. The van der Waals surface area contributed by atoms with E-state index in [0.717, 1.165) is 25.9 Å². The van der Waals surface area contributed by atoms with Crippen molar-refractivity contribution in [3.05, 3.63) is 12.1 Å². The van der Waals surface area contributed by atoms with Crippen molar-refractivity contribution in [2.24, 2.45) is 0 Å². The molecule has 9 nitrogen and oxygen atoms in total. The number of hydrogen-bond donors (Lipinski definition) is 3. The van der Waals surface area contributed by atoms with Gasteiger partial charge in [0.05, 0.1) is 19.9 Å². The van der Waals surface area contributed by atoms with Crippen LogP contribution in [0.4, 0.5) is 11.9 Å². The summed E-state index contributed by atoms with van der Waals surface area (Å²) in [5.41, 5.74) is 12.1. The summed E-state index contributed by atoms with van der Waals surface area (Å²) in [4.78, 5) is 3.90. The van der Waals surface area contributed by atoms with Crippen molar-refractivity contribution in [1.82, 2.24) is 20.1 Å². The number of hydrogen-bond acceptors (Lipinski definition) is 8. The van der Waals surface area contributed by atoms with E-state index in [0.29, 0.717) is 22.9 Å². The van der Waals surface area contributed by atoms with Crippen LogP contribution in [-0.4, -0.2) is 48.2 Å². The quantitative estimate of drug-likeness (QED) is 0.726. The Morgan fingerprint density at radius 1 is 1.12 bits per heavy atom. The minimum Gasteiger partial charge on any atom is -0.493 e. The summed E-state index contributed by atoms with van der Waals surface area (Å²) in [5, 5.41) is 7.38. The first-order valence-corrected chi connectivity index (χ1v) is 7.74. The monoisotopic (exact) mass is 334 g/mol. The fourth-order valence-corrected chi connectivity index (χ4v) is 2.72. The van der Waals surface area contributed by atoms with Gasteiger partial charge < -0.3 is 31.0 Å². The van der Waals surface area contributed by atoms with Gasteiger partial charge in [-0.05, 0) is 25.9 Å². The molecule has 1 aliphatic heterocycles. The van der Waals surface area contributed by atoms with Gasteiger partial charge in [0, 0.05) is 12.1 Å². The molecule has 3 rings (SSSR count). The minimum absolute atomic E-state index is 0.0977. The van der Waals surface area contributed by atoms with Crippen LogP contribution in [0, 0.1) is 0 Å². The predicted molar refractivity (Wildman–Crippen MR) is 89.8 cm³/mol. The molecule has 1 saturated heterocycles. The largest absolute Gasteiger partial charge is 0.493 e. The smallest absolute Gasteiger partial charge is 0.241 e. The zero-order chi connectivity index (χ0) is 17.1. The van der Waals surface area contributed by atoms with Crippen LogP contribution in [-0.2, 0) is 0 Å². The maximum atomic E-state index is 6.13. The average Bonchev–Trinajstić information content (AvgIpc) is 2.94. The predicted octanol–water partition coefficient (Wildman–Crippen LogP) is 0.580. The van der Waals surface area contributed by atoms with E-state index in [2.05, 4.69) is 15.4 Å². The van der Waals surface area contributed by atoms with Crippen molar-refractivity contribution >= 4 is 11.9 Å². The summed E-state index contributed by atoms with van der Waals surface area (Å²) in [5.74, 6) is 1.93. The van der Waals surface area contributed by atoms with E-state index in [9.17, 15) is 0 Å². The van der Waals surface area contributed by atoms with Crippen molar-refractivity contribution in [2.75, 3.05) is 38.8 Å². The number of nitrogens with one attached hydrogen (secondary N) is 1. The van der Waals surface area contributed by atoms with E-state index in [1.165, 1.54) is 4.68 Å². The fourth-order valence-electron chi connectivity index (χ4n) is 2.72. The molecule has 130 valence electrons. The maximum Gasteiger partial charge on any atom is 0.241 e. The number of methoxy groups -OCH3 is 2. The second-order valence-electron chi connectivity index (χ2n) is 5.49. The van der Waals surface area contributed by atoms with Crippen LogP contribution >= 0.6 is 0 Å². The summed E-state index contributed by atoms with van der Waals surface area (Å²) in [6.45, 7) is 1.87. The third kappa shape index (κ3) is 3.16. The Bertz CT molecular complexity index is 686. The highest BCUT2D eigenvalue weighted by atomic mass is 16.5. The van der Waals surface area contributed by atoms with Gasteiger partial charge in [0.15, 0.2) is 11.5 Å². The molecular weight excluding hydrogens is 312 g/mol. The highest BCUT2D eigenvalue weighted by Crippen LogP contribution is 2.41. The van der Waals surface area contributed by atoms with Crippen LogP contribution in [0.2, 0.25) is 0 Å². The van der Waals surface area contributed by atoms with E-state index >= 15 is 0 Å². The second-order valence-corrected chi connectivity index (χ2v) is 5.49. The summed E-state index contributed by atoms with van der Waals surface area (Å²) >= 11 is 0. The molecule has 5 N–H and O–H groups in total. The summed E-state index contributed by atoms with van der Waals surface area (Å²) in [6.07, 6.45) is 1.98. The van der Waals surface area contributed by atoms with Crippen molar-refractivity contribution in [3.63, 3.8) is 0 Å². The van der Waals surface area contributed by atoms with Gasteiger partial charge in [0.1, 0.15) is 6.10 Å². The van der Waals surface area contributed by atoms with Crippen molar-refractivity contribution in [2.45, 2.75) is 18.9 Å². The third-order valence-corrected chi connectivity index (χ3v) is 3.91. The molecule has 1 aliphatic rings. The van der Waals surface area contributed by atoms with Gasteiger partial charge in [0.25, 0.3) is 0 Å². The van der Waals surface area contributed by atoms with Crippen LogP contribution in [0.1, 0.15) is 12.8 Å². The number of anilines is 2. The lowest BCUT2D eigenvalue weighted by Crippen LogP contribution is -2.34. The zero-order valence-corrected chi connectivity index (χ0v) is 13.8. The minimum atomic E-state index is 0.0977. The van der Waals surface area contributed by atoms with Crippen molar-refractivity contribution < 1.29 is 14.2 Å². The Morgan fingerprint density at radius 3 is 2.25 bits per heavy atom.